The fourth-order valence-electron chi connectivity index (χ4n) is 1.60. The van der Waals surface area contributed by atoms with E-state index in [0.29, 0.717) is 6.61 Å². The van der Waals surface area contributed by atoms with Crippen LogP contribution in [0.1, 0.15) is 32.8 Å². The molecule has 1 rings (SSSR count). The quantitative estimate of drug-likeness (QED) is 0.442. The molecule has 0 unspecified atom stereocenters. The number of nitrogens with zero attached hydrogens (tertiary/aromatic N) is 1. The standard InChI is InChI=1S/C13H21N2O4PS/c1-5-11(4)14-20(21,18-6-2)19-13-9-10(3)7-8-12(13)15(16)17/h7-9,11H,5-6H2,1-4H3,(H,14,21)/t11-,20-/m0/s1. The van der Waals surface area contributed by atoms with Gasteiger partial charge in [-0.25, -0.2) is 5.09 Å². The van der Waals surface area contributed by atoms with E-state index in [1.54, 1.807) is 12.1 Å². The Balaban J connectivity index is 3.11. The maximum atomic E-state index is 11.1. The molecule has 6 nitrogen and oxygen atoms in total. The third kappa shape index (κ3) is 5.36. The first-order valence-electron chi connectivity index (χ1n) is 6.78. The Morgan fingerprint density at radius 1 is 1.48 bits per heavy atom. The molecule has 0 radical (unpaired) electrons. The van der Waals surface area contributed by atoms with Crippen LogP contribution >= 0.6 is 6.64 Å². The Bertz CT molecular complexity index is 553. The summed E-state index contributed by atoms with van der Waals surface area (Å²) in [6.07, 6.45) is 0.852. The van der Waals surface area contributed by atoms with Crippen LogP contribution in [0.3, 0.4) is 0 Å². The van der Waals surface area contributed by atoms with E-state index in [2.05, 4.69) is 5.09 Å². The predicted octanol–water partition coefficient (Wildman–Crippen LogP) is 3.93. The minimum atomic E-state index is -2.82. The molecule has 118 valence electrons. The molecule has 1 N–H and O–H groups in total. The van der Waals surface area contributed by atoms with Crippen molar-refractivity contribution in [3.63, 3.8) is 0 Å². The minimum absolute atomic E-state index is 0.103. The summed E-state index contributed by atoms with van der Waals surface area (Å²) in [5, 5.41) is 14.2. The molecule has 0 fully saturated rings. The van der Waals surface area contributed by atoms with Crippen molar-refractivity contribution in [2.24, 2.45) is 0 Å². The second kappa shape index (κ2) is 7.84. The Morgan fingerprint density at radius 2 is 2.14 bits per heavy atom. The van der Waals surface area contributed by atoms with E-state index in [-0.39, 0.29) is 17.5 Å². The molecule has 0 amide bonds. The number of nitro groups is 1. The molecular formula is C13H21N2O4PS. The smallest absolute Gasteiger partial charge is 0.313 e. The molecule has 8 heteroatoms. The molecule has 1 aromatic rings. The van der Waals surface area contributed by atoms with Gasteiger partial charge in [-0.05, 0) is 50.6 Å². The first kappa shape index (κ1) is 18.0. The summed E-state index contributed by atoms with van der Waals surface area (Å²) >= 11 is 5.45. The van der Waals surface area contributed by atoms with Gasteiger partial charge in [-0.15, -0.1) is 0 Å². The first-order chi connectivity index (χ1) is 9.81. The summed E-state index contributed by atoms with van der Waals surface area (Å²) < 4.78 is 11.3. The van der Waals surface area contributed by atoms with E-state index in [1.165, 1.54) is 6.07 Å². The molecule has 0 spiro atoms. The Labute approximate surface area is 130 Å². The fraction of sp³-hybridized carbons (Fsp3) is 0.538. The van der Waals surface area contributed by atoms with Crippen molar-refractivity contribution in [3.05, 3.63) is 33.9 Å². The van der Waals surface area contributed by atoms with E-state index in [9.17, 15) is 10.1 Å². The van der Waals surface area contributed by atoms with Crippen molar-refractivity contribution >= 4 is 24.1 Å². The molecule has 0 saturated carbocycles. The van der Waals surface area contributed by atoms with E-state index in [1.807, 2.05) is 27.7 Å². The van der Waals surface area contributed by atoms with Gasteiger partial charge in [0.15, 0.2) is 0 Å². The van der Waals surface area contributed by atoms with Crippen LogP contribution in [0.5, 0.6) is 5.75 Å². The van der Waals surface area contributed by atoms with Gasteiger partial charge in [-0.2, -0.15) is 0 Å². The van der Waals surface area contributed by atoms with Gasteiger partial charge in [0.25, 0.3) is 0 Å². The summed E-state index contributed by atoms with van der Waals surface area (Å²) in [4.78, 5) is 10.6. The molecule has 2 atom stereocenters. The molecule has 1 aromatic carbocycles. The van der Waals surface area contributed by atoms with Crippen molar-refractivity contribution < 1.29 is 14.0 Å². The van der Waals surface area contributed by atoms with Gasteiger partial charge in [0.1, 0.15) is 0 Å². The Kier molecular flexibility index (Phi) is 6.74. The highest BCUT2D eigenvalue weighted by atomic mass is 32.5. The largest absolute Gasteiger partial charge is 0.425 e. The number of nitro benzene ring substituents is 1. The van der Waals surface area contributed by atoms with Crippen molar-refractivity contribution in [1.29, 1.82) is 0 Å². The maximum absolute atomic E-state index is 11.1. The number of aryl methyl sites for hydroxylation is 1. The lowest BCUT2D eigenvalue weighted by Crippen LogP contribution is -2.25. The average molecular weight is 332 g/mol. The third-order valence-electron chi connectivity index (χ3n) is 2.82. The maximum Gasteiger partial charge on any atom is 0.313 e. The van der Waals surface area contributed by atoms with Crippen molar-refractivity contribution in [2.75, 3.05) is 6.61 Å². The summed E-state index contributed by atoms with van der Waals surface area (Å²) in [5.41, 5.74) is 0.748. The van der Waals surface area contributed by atoms with Gasteiger partial charge in [-0.1, -0.05) is 13.0 Å². The van der Waals surface area contributed by atoms with Crippen molar-refractivity contribution in [3.8, 4) is 5.75 Å². The van der Waals surface area contributed by atoms with E-state index >= 15 is 0 Å². The second-order valence-corrected chi connectivity index (χ2v) is 7.81. The number of nitrogens with one attached hydrogen (secondary N) is 1. The van der Waals surface area contributed by atoms with Crippen LogP contribution in [0, 0.1) is 17.0 Å². The monoisotopic (exact) mass is 332 g/mol. The molecule has 0 aliphatic rings. The van der Waals surface area contributed by atoms with Crippen molar-refractivity contribution in [2.45, 2.75) is 40.2 Å². The number of hydrogen-bond donors (Lipinski definition) is 1. The van der Waals surface area contributed by atoms with Gasteiger partial charge in [0.05, 0.1) is 11.5 Å². The topological polar surface area (TPSA) is 73.6 Å². The molecule has 0 heterocycles. The van der Waals surface area contributed by atoms with Crippen LogP contribution in [0.4, 0.5) is 5.69 Å². The lowest BCUT2D eigenvalue weighted by Gasteiger charge is -2.26. The molecule has 0 bridgehead atoms. The average Bonchev–Trinajstić information content (AvgIpc) is 2.38. The van der Waals surface area contributed by atoms with E-state index in [0.717, 1.165) is 12.0 Å². The zero-order valence-corrected chi connectivity index (χ0v) is 14.4. The summed E-state index contributed by atoms with van der Waals surface area (Å²) in [7, 11) is 0. The van der Waals surface area contributed by atoms with E-state index in [4.69, 9.17) is 20.9 Å². The lowest BCUT2D eigenvalue weighted by molar-refractivity contribution is -0.385. The van der Waals surface area contributed by atoms with Crippen LogP contribution in [-0.2, 0) is 16.3 Å². The van der Waals surface area contributed by atoms with Gasteiger partial charge in [-0.3, -0.25) is 10.1 Å². The predicted molar refractivity (Wildman–Crippen MR) is 87.3 cm³/mol. The fourth-order valence-corrected chi connectivity index (χ4v) is 4.34. The Morgan fingerprint density at radius 3 is 2.67 bits per heavy atom. The summed E-state index contributed by atoms with van der Waals surface area (Å²) in [6.45, 7) is 5.18. The number of rotatable bonds is 8. The number of hydrogen-bond acceptors (Lipinski definition) is 5. The molecule has 21 heavy (non-hydrogen) atoms. The molecule has 0 saturated heterocycles. The van der Waals surface area contributed by atoms with Crippen LogP contribution in [0.15, 0.2) is 18.2 Å². The zero-order chi connectivity index (χ0) is 16.0. The lowest BCUT2D eigenvalue weighted by atomic mass is 10.2. The number of benzene rings is 1. The molecule has 0 aliphatic carbocycles. The summed E-state index contributed by atoms with van der Waals surface area (Å²) in [6, 6.07) is 4.79. The van der Waals surface area contributed by atoms with Gasteiger partial charge >= 0.3 is 12.3 Å². The normalized spacial score (nSPS) is 15.2. The third-order valence-corrected chi connectivity index (χ3v) is 5.47. The SMILES string of the molecule is CCO[P@@](=S)(N[C@@H](C)CC)Oc1cc(C)ccc1[N+](=O)[O-]. The highest BCUT2D eigenvalue weighted by molar-refractivity contribution is 8.09. The molecular weight excluding hydrogens is 311 g/mol. The van der Waals surface area contributed by atoms with Gasteiger partial charge in [0.2, 0.25) is 5.75 Å². The Hall–Kier alpha value is -1.01. The van der Waals surface area contributed by atoms with Crippen LogP contribution < -0.4 is 9.61 Å². The van der Waals surface area contributed by atoms with Crippen LogP contribution in [0.2, 0.25) is 0 Å². The van der Waals surface area contributed by atoms with Gasteiger partial charge in [0, 0.05) is 12.1 Å². The molecule has 0 aromatic heterocycles. The first-order valence-corrected chi connectivity index (χ1v) is 9.42. The minimum Gasteiger partial charge on any atom is -0.425 e. The van der Waals surface area contributed by atoms with E-state index < -0.39 is 11.6 Å². The van der Waals surface area contributed by atoms with Crippen molar-refractivity contribution in [1.82, 2.24) is 5.09 Å². The van der Waals surface area contributed by atoms with Crippen LogP contribution in [-0.4, -0.2) is 17.6 Å². The molecule has 0 aliphatic heterocycles. The van der Waals surface area contributed by atoms with Crippen LogP contribution in [0.25, 0.3) is 0 Å². The second-order valence-electron chi connectivity index (χ2n) is 4.67. The summed E-state index contributed by atoms with van der Waals surface area (Å²) in [5.74, 6) is 0.146. The highest BCUT2D eigenvalue weighted by Gasteiger charge is 2.26. The zero-order valence-electron chi connectivity index (χ0n) is 12.7. The highest BCUT2D eigenvalue weighted by Crippen LogP contribution is 2.47. The van der Waals surface area contributed by atoms with Gasteiger partial charge < -0.3 is 9.05 Å².